The third kappa shape index (κ3) is 3.40. The van der Waals surface area contributed by atoms with Crippen LogP contribution in [0.15, 0.2) is 29.4 Å². The number of carbonyl (C=O) groups is 1. The molecule has 0 atom stereocenters. The van der Waals surface area contributed by atoms with Gasteiger partial charge < -0.3 is 9.74 Å². The summed E-state index contributed by atoms with van der Waals surface area (Å²) in [5, 5.41) is 3.96. The van der Waals surface area contributed by atoms with Gasteiger partial charge in [-0.2, -0.15) is 0 Å². The second-order valence-corrected chi connectivity index (χ2v) is 4.71. The Bertz CT molecular complexity index is 441. The fraction of sp³-hybridized carbons (Fsp3) is 0.429. The van der Waals surface area contributed by atoms with E-state index in [1.807, 2.05) is 19.1 Å². The summed E-state index contributed by atoms with van der Waals surface area (Å²) in [6, 6.07) is 7.29. The molecule has 1 saturated heterocycles. The lowest BCUT2D eigenvalue weighted by molar-refractivity contribution is 0.0512. The number of aryl methyl sites for hydroxylation is 1. The molecule has 1 aliphatic rings. The fourth-order valence-electron chi connectivity index (χ4n) is 1.82. The van der Waals surface area contributed by atoms with Crippen molar-refractivity contribution in [1.29, 1.82) is 0 Å². The number of hydrogen-bond acceptors (Lipinski definition) is 4. The van der Waals surface area contributed by atoms with Gasteiger partial charge in [0.1, 0.15) is 0 Å². The van der Waals surface area contributed by atoms with Gasteiger partial charge in [0.25, 0.3) is 0 Å². The maximum Gasteiger partial charge on any atom is 0.365 e. The van der Waals surface area contributed by atoms with E-state index in [2.05, 4.69) is 17.1 Å². The van der Waals surface area contributed by atoms with E-state index in [4.69, 9.17) is 4.84 Å². The molecule has 1 aliphatic heterocycles. The molecule has 0 aromatic heterocycles. The van der Waals surface area contributed by atoms with Gasteiger partial charge in [0, 0.05) is 25.9 Å². The Hall–Kier alpha value is -1.68. The van der Waals surface area contributed by atoms with Gasteiger partial charge >= 0.3 is 5.97 Å². The average Bonchev–Trinajstić information content (AvgIpc) is 2.38. The van der Waals surface area contributed by atoms with E-state index in [0.29, 0.717) is 5.56 Å². The van der Waals surface area contributed by atoms with Gasteiger partial charge in [0.2, 0.25) is 0 Å². The first-order valence-corrected chi connectivity index (χ1v) is 6.17. The van der Waals surface area contributed by atoms with Crippen LogP contribution in [-0.4, -0.2) is 36.7 Å². The summed E-state index contributed by atoms with van der Waals surface area (Å²) in [7, 11) is 2.08. The summed E-state index contributed by atoms with van der Waals surface area (Å²) in [4.78, 5) is 18.9. The number of oxime groups is 1. The predicted octanol–water partition coefficient (Wildman–Crippen LogP) is 2.23. The molecule has 0 spiro atoms. The highest BCUT2D eigenvalue weighted by Gasteiger charge is 2.13. The molecular formula is C14H18N2O2. The van der Waals surface area contributed by atoms with E-state index < -0.39 is 0 Å². The lowest BCUT2D eigenvalue weighted by atomic mass is 10.1. The SMILES string of the molecule is Cc1ccc(C(=O)ON=C2CCN(C)CC2)cc1. The highest BCUT2D eigenvalue weighted by Crippen LogP contribution is 2.08. The summed E-state index contributed by atoms with van der Waals surface area (Å²) in [5.41, 5.74) is 2.62. The van der Waals surface area contributed by atoms with Crippen molar-refractivity contribution < 1.29 is 9.63 Å². The molecule has 96 valence electrons. The number of carbonyl (C=O) groups excluding carboxylic acids is 1. The van der Waals surface area contributed by atoms with E-state index in [1.165, 1.54) is 0 Å². The molecule has 4 nitrogen and oxygen atoms in total. The molecule has 0 bridgehead atoms. The molecule has 1 aromatic rings. The van der Waals surface area contributed by atoms with Crippen molar-refractivity contribution >= 4 is 11.7 Å². The molecule has 1 fully saturated rings. The number of hydrogen-bond donors (Lipinski definition) is 0. The first-order valence-electron chi connectivity index (χ1n) is 6.17. The summed E-state index contributed by atoms with van der Waals surface area (Å²) < 4.78 is 0. The quantitative estimate of drug-likeness (QED) is 0.593. The largest absolute Gasteiger partial charge is 0.365 e. The van der Waals surface area contributed by atoms with E-state index in [9.17, 15) is 4.79 Å². The number of nitrogens with zero attached hydrogens (tertiary/aromatic N) is 2. The van der Waals surface area contributed by atoms with Crippen molar-refractivity contribution in [3.05, 3.63) is 35.4 Å². The van der Waals surface area contributed by atoms with Crippen molar-refractivity contribution in [2.24, 2.45) is 5.16 Å². The van der Waals surface area contributed by atoms with Crippen LogP contribution in [0.1, 0.15) is 28.8 Å². The maximum absolute atomic E-state index is 11.7. The Labute approximate surface area is 107 Å². The summed E-state index contributed by atoms with van der Waals surface area (Å²) >= 11 is 0. The molecule has 0 aliphatic carbocycles. The second kappa shape index (κ2) is 5.78. The predicted molar refractivity (Wildman–Crippen MR) is 70.8 cm³/mol. The van der Waals surface area contributed by atoms with Crippen molar-refractivity contribution in [3.63, 3.8) is 0 Å². The van der Waals surface area contributed by atoms with E-state index in [0.717, 1.165) is 37.2 Å². The van der Waals surface area contributed by atoms with Crippen LogP contribution in [0.25, 0.3) is 0 Å². The molecule has 0 N–H and O–H groups in total. The van der Waals surface area contributed by atoms with Crippen LogP contribution in [-0.2, 0) is 4.84 Å². The zero-order valence-corrected chi connectivity index (χ0v) is 10.8. The molecule has 2 rings (SSSR count). The first kappa shape index (κ1) is 12.8. The van der Waals surface area contributed by atoms with Crippen LogP contribution < -0.4 is 0 Å². The minimum atomic E-state index is -0.388. The van der Waals surface area contributed by atoms with E-state index in [-0.39, 0.29) is 5.97 Å². The normalized spacial score (nSPS) is 16.4. The maximum atomic E-state index is 11.7. The minimum Gasteiger partial charge on any atom is -0.313 e. The molecule has 0 radical (unpaired) electrons. The number of rotatable bonds is 2. The van der Waals surface area contributed by atoms with Crippen LogP contribution in [0, 0.1) is 6.92 Å². The first-order chi connectivity index (χ1) is 8.65. The topological polar surface area (TPSA) is 41.9 Å². The van der Waals surface area contributed by atoms with Crippen molar-refractivity contribution in [1.82, 2.24) is 4.90 Å². The van der Waals surface area contributed by atoms with Gasteiger partial charge in [0.05, 0.1) is 11.3 Å². The van der Waals surface area contributed by atoms with Crippen LogP contribution in [0.3, 0.4) is 0 Å². The Morgan fingerprint density at radius 1 is 1.22 bits per heavy atom. The molecule has 0 saturated carbocycles. The molecular weight excluding hydrogens is 228 g/mol. The van der Waals surface area contributed by atoms with Gasteiger partial charge in [-0.15, -0.1) is 0 Å². The van der Waals surface area contributed by atoms with Crippen LogP contribution in [0.4, 0.5) is 0 Å². The number of likely N-dealkylation sites (tertiary alicyclic amines) is 1. The van der Waals surface area contributed by atoms with Crippen molar-refractivity contribution in [2.45, 2.75) is 19.8 Å². The van der Waals surface area contributed by atoms with Gasteiger partial charge in [-0.25, -0.2) is 4.79 Å². The standard InChI is InChI=1S/C14H18N2O2/c1-11-3-5-12(6-4-11)14(17)18-15-13-7-9-16(2)10-8-13/h3-6H,7-10H2,1-2H3. The number of piperidine rings is 1. The van der Waals surface area contributed by atoms with Crippen LogP contribution in [0.5, 0.6) is 0 Å². The number of benzene rings is 1. The fourth-order valence-corrected chi connectivity index (χ4v) is 1.82. The van der Waals surface area contributed by atoms with Gasteiger partial charge in [0.15, 0.2) is 0 Å². The van der Waals surface area contributed by atoms with E-state index in [1.54, 1.807) is 12.1 Å². The van der Waals surface area contributed by atoms with Crippen LogP contribution >= 0.6 is 0 Å². The smallest absolute Gasteiger partial charge is 0.313 e. The molecule has 4 heteroatoms. The second-order valence-electron chi connectivity index (χ2n) is 4.71. The van der Waals surface area contributed by atoms with E-state index >= 15 is 0 Å². The van der Waals surface area contributed by atoms with Gasteiger partial charge in [-0.05, 0) is 26.1 Å². The summed E-state index contributed by atoms with van der Waals surface area (Å²) in [6.45, 7) is 3.93. The Morgan fingerprint density at radius 2 is 1.83 bits per heavy atom. The molecule has 18 heavy (non-hydrogen) atoms. The Kier molecular flexibility index (Phi) is 4.10. The summed E-state index contributed by atoms with van der Waals surface area (Å²) in [5.74, 6) is -0.388. The highest BCUT2D eigenvalue weighted by atomic mass is 16.7. The molecule has 0 amide bonds. The minimum absolute atomic E-state index is 0.388. The van der Waals surface area contributed by atoms with Crippen molar-refractivity contribution in [3.8, 4) is 0 Å². The molecule has 1 aromatic carbocycles. The molecule has 1 heterocycles. The zero-order chi connectivity index (χ0) is 13.0. The van der Waals surface area contributed by atoms with Gasteiger partial charge in [-0.3, -0.25) is 0 Å². The highest BCUT2D eigenvalue weighted by molar-refractivity contribution is 5.91. The monoisotopic (exact) mass is 246 g/mol. The Morgan fingerprint density at radius 3 is 2.44 bits per heavy atom. The van der Waals surface area contributed by atoms with Crippen molar-refractivity contribution in [2.75, 3.05) is 20.1 Å². The van der Waals surface area contributed by atoms with Gasteiger partial charge in [-0.1, -0.05) is 22.9 Å². The third-order valence-electron chi connectivity index (χ3n) is 3.11. The average molecular weight is 246 g/mol. The zero-order valence-electron chi connectivity index (χ0n) is 10.8. The summed E-state index contributed by atoms with van der Waals surface area (Å²) in [6.07, 6.45) is 1.75. The third-order valence-corrected chi connectivity index (χ3v) is 3.11. The molecule has 0 unspecified atom stereocenters. The lowest BCUT2D eigenvalue weighted by Gasteiger charge is -2.22. The Balaban J connectivity index is 1.92. The van der Waals surface area contributed by atoms with Crippen LogP contribution in [0.2, 0.25) is 0 Å². The lowest BCUT2D eigenvalue weighted by Crippen LogP contribution is -2.30.